The van der Waals surface area contributed by atoms with Gasteiger partial charge < -0.3 is 14.7 Å². The lowest BCUT2D eigenvalue weighted by molar-refractivity contribution is 0.0447. The molecule has 0 unspecified atom stereocenters. The molecule has 9 heteroatoms. The zero-order valence-electron chi connectivity index (χ0n) is 23.6. The lowest BCUT2D eigenvalue weighted by Crippen LogP contribution is -2.46. The number of pyridine rings is 1. The molecule has 3 saturated heterocycles. The molecule has 5 heterocycles. The number of aryl methyl sites for hydroxylation is 1. The van der Waals surface area contributed by atoms with Crippen molar-refractivity contribution in [3.8, 4) is 17.3 Å². The van der Waals surface area contributed by atoms with E-state index in [4.69, 9.17) is 9.72 Å². The molecule has 3 aliphatic heterocycles. The fourth-order valence-electron chi connectivity index (χ4n) is 7.31. The minimum atomic E-state index is -0.889. The van der Waals surface area contributed by atoms with E-state index in [1.807, 2.05) is 24.0 Å². The van der Waals surface area contributed by atoms with Crippen molar-refractivity contribution in [2.24, 2.45) is 0 Å². The molecule has 4 aromatic rings. The van der Waals surface area contributed by atoms with Gasteiger partial charge in [0, 0.05) is 24.8 Å². The number of aromatic nitrogens is 3. The molecule has 0 radical (unpaired) electrons. The highest BCUT2D eigenvalue weighted by Gasteiger charge is 2.45. The van der Waals surface area contributed by atoms with Crippen molar-refractivity contribution >= 4 is 27.5 Å². The molecule has 3 aliphatic rings. The predicted octanol–water partition coefficient (Wildman–Crippen LogP) is 5.79. The van der Waals surface area contributed by atoms with E-state index in [1.165, 1.54) is 6.07 Å². The Balaban J connectivity index is 1.37. The first-order valence-electron chi connectivity index (χ1n) is 14.6. The maximum Gasteiger partial charge on any atom is 0.319 e. The van der Waals surface area contributed by atoms with Gasteiger partial charge in [0.25, 0.3) is 0 Å². The third kappa shape index (κ3) is 4.50. The number of fused-ring (bicyclic) bond motifs is 3. The van der Waals surface area contributed by atoms with Crippen molar-refractivity contribution in [1.82, 2.24) is 19.9 Å². The summed E-state index contributed by atoms with van der Waals surface area (Å²) in [6.45, 7) is 7.15. The number of aliphatic hydroxyl groups is 1. The van der Waals surface area contributed by atoms with E-state index in [-0.39, 0.29) is 28.6 Å². The maximum absolute atomic E-state index is 16.6. The Morgan fingerprint density at radius 1 is 1.00 bits per heavy atom. The summed E-state index contributed by atoms with van der Waals surface area (Å²) in [6, 6.07) is 8.72. The van der Waals surface area contributed by atoms with Gasteiger partial charge in [0.2, 0.25) is 0 Å². The zero-order valence-corrected chi connectivity index (χ0v) is 23.6. The molecule has 0 aliphatic carbocycles. The van der Waals surface area contributed by atoms with Gasteiger partial charge in [-0.05, 0) is 87.9 Å². The van der Waals surface area contributed by atoms with Crippen LogP contribution < -0.4 is 9.64 Å². The van der Waals surface area contributed by atoms with Crippen LogP contribution in [0.2, 0.25) is 0 Å². The summed E-state index contributed by atoms with van der Waals surface area (Å²) >= 11 is 0. The molecule has 7 rings (SSSR count). The van der Waals surface area contributed by atoms with Crippen LogP contribution in [0.5, 0.6) is 6.01 Å². The number of hydrogen-bond acceptors (Lipinski definition) is 7. The van der Waals surface area contributed by atoms with Crippen LogP contribution in [0.15, 0.2) is 36.5 Å². The summed E-state index contributed by atoms with van der Waals surface area (Å²) < 4.78 is 37.5. The van der Waals surface area contributed by atoms with Gasteiger partial charge in [-0.15, -0.1) is 0 Å². The van der Waals surface area contributed by atoms with Gasteiger partial charge in [-0.1, -0.05) is 24.3 Å². The Labute approximate surface area is 238 Å². The molecule has 0 bridgehead atoms. The normalized spacial score (nSPS) is 22.5. The SMILES string of the molecule is Cc1c(F)ccc2cccc(-c3ncc4c(N5CCC[C@@](C)(O)C5)nc(OCC56CCCN5CCC6)nc4c3F)c12. The Kier molecular flexibility index (Phi) is 6.35. The molecular formula is C32H35F2N5O2. The molecule has 2 aromatic heterocycles. The van der Waals surface area contributed by atoms with Crippen LogP contribution in [-0.2, 0) is 0 Å². The van der Waals surface area contributed by atoms with Crippen molar-refractivity contribution in [2.45, 2.75) is 63.5 Å². The zero-order chi connectivity index (χ0) is 28.4. The molecule has 1 atom stereocenters. The number of hydrogen-bond donors (Lipinski definition) is 1. The van der Waals surface area contributed by atoms with Crippen LogP contribution in [0, 0.1) is 18.6 Å². The third-order valence-corrected chi connectivity index (χ3v) is 9.39. The fourth-order valence-corrected chi connectivity index (χ4v) is 7.31. The van der Waals surface area contributed by atoms with Crippen molar-refractivity contribution in [1.29, 1.82) is 0 Å². The Hall–Kier alpha value is -3.43. The molecule has 0 amide bonds. The number of benzene rings is 2. The van der Waals surface area contributed by atoms with Crippen LogP contribution in [0.3, 0.4) is 0 Å². The van der Waals surface area contributed by atoms with Gasteiger partial charge in [0.15, 0.2) is 5.82 Å². The number of halogens is 2. The monoisotopic (exact) mass is 559 g/mol. The summed E-state index contributed by atoms with van der Waals surface area (Å²) in [5.41, 5.74) is 0.265. The highest BCUT2D eigenvalue weighted by atomic mass is 19.1. The van der Waals surface area contributed by atoms with Crippen molar-refractivity contribution in [3.63, 3.8) is 0 Å². The number of nitrogens with zero attached hydrogens (tertiary/aromatic N) is 5. The van der Waals surface area contributed by atoms with Crippen molar-refractivity contribution < 1.29 is 18.6 Å². The molecule has 214 valence electrons. The number of ether oxygens (including phenoxy) is 1. The van der Waals surface area contributed by atoms with E-state index in [9.17, 15) is 9.50 Å². The minimum absolute atomic E-state index is 0.0141. The summed E-state index contributed by atoms with van der Waals surface area (Å²) in [6.07, 6.45) is 7.49. The van der Waals surface area contributed by atoms with Crippen LogP contribution in [0.4, 0.5) is 14.6 Å². The topological polar surface area (TPSA) is 74.6 Å². The number of β-amino-alcohol motifs (C(OH)–C–C–N with tert-alkyl or cyclic N) is 1. The van der Waals surface area contributed by atoms with Gasteiger partial charge in [0.1, 0.15) is 29.5 Å². The number of anilines is 1. The molecule has 7 nitrogen and oxygen atoms in total. The van der Waals surface area contributed by atoms with Crippen LogP contribution in [-0.4, -0.2) is 68.9 Å². The van der Waals surface area contributed by atoms with E-state index in [0.29, 0.717) is 53.8 Å². The predicted molar refractivity (Wildman–Crippen MR) is 155 cm³/mol. The number of piperidine rings is 1. The van der Waals surface area contributed by atoms with Crippen LogP contribution in [0.1, 0.15) is 51.0 Å². The lowest BCUT2D eigenvalue weighted by atomic mass is 9.95. The number of rotatable bonds is 5. The van der Waals surface area contributed by atoms with Crippen molar-refractivity contribution in [3.05, 3.63) is 53.7 Å². The van der Waals surface area contributed by atoms with Crippen LogP contribution in [0.25, 0.3) is 32.9 Å². The first-order valence-corrected chi connectivity index (χ1v) is 14.6. The fraction of sp³-hybridized carbons (Fsp3) is 0.469. The lowest BCUT2D eigenvalue weighted by Gasteiger charge is -2.38. The molecule has 2 aromatic carbocycles. The van der Waals surface area contributed by atoms with Gasteiger partial charge in [0.05, 0.1) is 16.5 Å². The van der Waals surface area contributed by atoms with E-state index in [1.54, 1.807) is 25.3 Å². The Morgan fingerprint density at radius 2 is 1.78 bits per heavy atom. The highest BCUT2D eigenvalue weighted by Crippen LogP contribution is 2.40. The summed E-state index contributed by atoms with van der Waals surface area (Å²) in [5.74, 6) is -0.441. The van der Waals surface area contributed by atoms with Gasteiger partial charge in [-0.2, -0.15) is 9.97 Å². The average molecular weight is 560 g/mol. The van der Waals surface area contributed by atoms with E-state index >= 15 is 4.39 Å². The smallest absolute Gasteiger partial charge is 0.319 e. The second kappa shape index (κ2) is 9.84. The molecule has 0 spiro atoms. The van der Waals surface area contributed by atoms with Crippen molar-refractivity contribution in [2.75, 3.05) is 37.7 Å². The first-order chi connectivity index (χ1) is 19.7. The standard InChI is InChI=1S/C32H35F2N5O2/c1-20-24(33)10-9-21-7-3-8-22(25(20)21)27-26(34)28-23(17-35-27)29(38-14-4-11-31(2,40)18-38)37-30(36-28)41-19-32-12-5-15-39(32)16-6-13-32/h3,7-10,17,40H,4-6,11-16,18-19H2,1-2H3/t31-/m1/s1. The first kappa shape index (κ1) is 26.5. The van der Waals surface area contributed by atoms with Gasteiger partial charge >= 0.3 is 6.01 Å². The molecule has 0 saturated carbocycles. The molecular weight excluding hydrogens is 524 g/mol. The van der Waals surface area contributed by atoms with E-state index in [2.05, 4.69) is 14.9 Å². The Bertz CT molecular complexity index is 1650. The van der Waals surface area contributed by atoms with E-state index < -0.39 is 11.4 Å². The average Bonchev–Trinajstić information content (AvgIpc) is 3.54. The largest absolute Gasteiger partial charge is 0.461 e. The Morgan fingerprint density at radius 3 is 2.56 bits per heavy atom. The third-order valence-electron chi connectivity index (χ3n) is 9.39. The second-order valence-electron chi connectivity index (χ2n) is 12.3. The molecule has 3 fully saturated rings. The summed E-state index contributed by atoms with van der Waals surface area (Å²) in [7, 11) is 0. The van der Waals surface area contributed by atoms with E-state index in [0.717, 1.165) is 50.6 Å². The molecule has 41 heavy (non-hydrogen) atoms. The highest BCUT2D eigenvalue weighted by molar-refractivity contribution is 6.00. The van der Waals surface area contributed by atoms with Crippen LogP contribution >= 0.6 is 0 Å². The quantitative estimate of drug-likeness (QED) is 0.332. The second-order valence-corrected chi connectivity index (χ2v) is 12.3. The minimum Gasteiger partial charge on any atom is -0.461 e. The summed E-state index contributed by atoms with van der Waals surface area (Å²) in [4.78, 5) is 18.4. The molecule has 1 N–H and O–H groups in total. The summed E-state index contributed by atoms with van der Waals surface area (Å²) in [5, 5.41) is 12.7. The van der Waals surface area contributed by atoms with Gasteiger partial charge in [-0.3, -0.25) is 9.88 Å². The van der Waals surface area contributed by atoms with Gasteiger partial charge in [-0.25, -0.2) is 8.78 Å². The maximum atomic E-state index is 16.6.